The summed E-state index contributed by atoms with van der Waals surface area (Å²) in [6.07, 6.45) is 3.56. The maximum atomic E-state index is 5.57. The molecule has 1 fully saturated rings. The molecule has 4 aromatic rings. The zero-order valence-electron chi connectivity index (χ0n) is 16.6. The molecule has 4 heterocycles. The van der Waals surface area contributed by atoms with Gasteiger partial charge in [-0.25, -0.2) is 9.97 Å². The van der Waals surface area contributed by atoms with E-state index in [9.17, 15) is 0 Å². The van der Waals surface area contributed by atoms with E-state index < -0.39 is 0 Å². The molecule has 0 amide bonds. The van der Waals surface area contributed by atoms with E-state index >= 15 is 0 Å². The Morgan fingerprint density at radius 1 is 1.03 bits per heavy atom. The van der Waals surface area contributed by atoms with Crippen LogP contribution < -0.4 is 5.32 Å². The fourth-order valence-corrected chi connectivity index (χ4v) is 4.67. The molecule has 1 saturated heterocycles. The summed E-state index contributed by atoms with van der Waals surface area (Å²) < 4.78 is 5.57. The van der Waals surface area contributed by atoms with Crippen molar-refractivity contribution in [2.45, 2.75) is 6.04 Å². The Morgan fingerprint density at radius 3 is 2.73 bits per heavy atom. The highest BCUT2D eigenvalue weighted by atomic mass is 32.1. The van der Waals surface area contributed by atoms with Gasteiger partial charge in [0.05, 0.1) is 24.8 Å². The minimum atomic E-state index is 0.282. The van der Waals surface area contributed by atoms with Crippen molar-refractivity contribution in [2.75, 3.05) is 38.2 Å². The van der Waals surface area contributed by atoms with E-state index in [0.717, 1.165) is 55.1 Å². The lowest BCUT2D eigenvalue weighted by Gasteiger charge is -2.34. The summed E-state index contributed by atoms with van der Waals surface area (Å²) in [5.74, 6) is 1.54. The molecule has 0 bridgehead atoms. The van der Waals surface area contributed by atoms with Gasteiger partial charge >= 0.3 is 0 Å². The fraction of sp³-hybridized carbons (Fsp3) is 0.261. The van der Waals surface area contributed by atoms with E-state index in [-0.39, 0.29) is 6.04 Å². The molecular weight excluding hydrogens is 394 g/mol. The average Bonchev–Trinajstić information content (AvgIpc) is 3.35. The number of aromatic nitrogens is 3. The first-order chi connectivity index (χ1) is 14.9. The Balaban J connectivity index is 1.47. The van der Waals surface area contributed by atoms with Gasteiger partial charge in [-0.1, -0.05) is 18.2 Å². The molecule has 1 N–H and O–H groups in total. The molecule has 3 aromatic heterocycles. The number of hydrogen-bond donors (Lipinski definition) is 1. The maximum Gasteiger partial charge on any atom is 0.163 e. The molecular formula is C23H23N5OS. The van der Waals surface area contributed by atoms with E-state index in [1.165, 1.54) is 4.88 Å². The molecule has 0 unspecified atom stereocenters. The smallest absolute Gasteiger partial charge is 0.163 e. The zero-order valence-corrected chi connectivity index (χ0v) is 17.4. The first kappa shape index (κ1) is 19.1. The molecule has 0 saturated carbocycles. The average molecular weight is 418 g/mol. The van der Waals surface area contributed by atoms with E-state index in [1.807, 2.05) is 30.3 Å². The number of anilines is 1. The number of rotatable bonds is 6. The molecule has 1 aromatic carbocycles. The third-order valence-corrected chi connectivity index (χ3v) is 6.32. The van der Waals surface area contributed by atoms with E-state index in [4.69, 9.17) is 14.7 Å². The molecule has 1 atom stereocenters. The van der Waals surface area contributed by atoms with Gasteiger partial charge in [0, 0.05) is 47.9 Å². The molecule has 0 radical (unpaired) electrons. The van der Waals surface area contributed by atoms with Gasteiger partial charge in [0.2, 0.25) is 0 Å². The number of pyridine rings is 1. The summed E-state index contributed by atoms with van der Waals surface area (Å²) in [4.78, 5) is 17.7. The summed E-state index contributed by atoms with van der Waals surface area (Å²) >= 11 is 1.80. The lowest BCUT2D eigenvalue weighted by Crippen LogP contribution is -2.41. The fourth-order valence-electron chi connectivity index (χ4n) is 3.81. The van der Waals surface area contributed by atoms with Crippen LogP contribution in [0.1, 0.15) is 10.9 Å². The topological polar surface area (TPSA) is 63.2 Å². The molecule has 6 nitrogen and oxygen atoms in total. The minimum absolute atomic E-state index is 0.282. The van der Waals surface area contributed by atoms with Crippen molar-refractivity contribution >= 4 is 28.1 Å². The lowest BCUT2D eigenvalue weighted by molar-refractivity contribution is 0.0194. The van der Waals surface area contributed by atoms with Gasteiger partial charge in [0.1, 0.15) is 5.82 Å². The number of benzene rings is 1. The largest absolute Gasteiger partial charge is 0.379 e. The molecule has 30 heavy (non-hydrogen) atoms. The maximum absolute atomic E-state index is 5.57. The summed E-state index contributed by atoms with van der Waals surface area (Å²) in [5.41, 5.74) is 1.84. The van der Waals surface area contributed by atoms with Crippen LogP contribution in [0.3, 0.4) is 0 Å². The SMILES string of the molecule is c1cncc(-c2nc(NC[C@@H](c3cccs3)N3CCOCC3)c3ccccc3n2)c1. The number of hydrogen-bond acceptors (Lipinski definition) is 7. The monoisotopic (exact) mass is 417 g/mol. The normalized spacial score (nSPS) is 15.9. The van der Waals surface area contributed by atoms with Crippen LogP contribution in [0.25, 0.3) is 22.3 Å². The minimum Gasteiger partial charge on any atom is -0.379 e. The van der Waals surface area contributed by atoms with Gasteiger partial charge in [-0.3, -0.25) is 9.88 Å². The summed E-state index contributed by atoms with van der Waals surface area (Å²) in [6, 6.07) is 16.6. The van der Waals surface area contributed by atoms with Gasteiger partial charge in [-0.2, -0.15) is 0 Å². The Morgan fingerprint density at radius 2 is 1.93 bits per heavy atom. The number of fused-ring (bicyclic) bond motifs is 1. The van der Waals surface area contributed by atoms with Crippen molar-refractivity contribution in [1.82, 2.24) is 19.9 Å². The van der Waals surface area contributed by atoms with E-state index in [1.54, 1.807) is 23.7 Å². The van der Waals surface area contributed by atoms with Crippen LogP contribution in [-0.2, 0) is 4.74 Å². The first-order valence-corrected chi connectivity index (χ1v) is 11.0. The van der Waals surface area contributed by atoms with Crippen molar-refractivity contribution in [3.05, 3.63) is 71.2 Å². The highest BCUT2D eigenvalue weighted by Gasteiger charge is 2.24. The Labute approximate surface area is 179 Å². The molecule has 1 aliphatic heterocycles. The van der Waals surface area contributed by atoms with Crippen molar-refractivity contribution in [3.63, 3.8) is 0 Å². The van der Waals surface area contributed by atoms with Gasteiger partial charge in [-0.15, -0.1) is 11.3 Å². The third kappa shape index (κ3) is 4.05. The Hall–Kier alpha value is -2.87. The molecule has 7 heteroatoms. The third-order valence-electron chi connectivity index (χ3n) is 5.34. The van der Waals surface area contributed by atoms with Gasteiger partial charge in [-0.05, 0) is 35.7 Å². The predicted octanol–water partition coefficient (Wildman–Crippen LogP) is 4.24. The van der Waals surface area contributed by atoms with Crippen molar-refractivity contribution < 1.29 is 4.74 Å². The highest BCUT2D eigenvalue weighted by Crippen LogP contribution is 2.29. The standard InChI is InChI=1S/C23H23N5OS/c1-2-7-19-18(6-1)23(27-22(26-19)17-5-3-9-24-15-17)25-16-20(21-8-4-14-30-21)28-10-12-29-13-11-28/h1-9,14-15,20H,10-13,16H2,(H,25,26,27)/t20-/m0/s1. The summed E-state index contributed by atoms with van der Waals surface area (Å²) in [7, 11) is 0. The second-order valence-corrected chi connectivity index (χ2v) is 8.19. The highest BCUT2D eigenvalue weighted by molar-refractivity contribution is 7.10. The number of morpholine rings is 1. The summed E-state index contributed by atoms with van der Waals surface area (Å²) in [6.45, 7) is 4.21. The number of nitrogens with zero attached hydrogens (tertiary/aromatic N) is 4. The second-order valence-electron chi connectivity index (χ2n) is 7.22. The van der Waals surface area contributed by atoms with Gasteiger partial charge < -0.3 is 10.1 Å². The quantitative estimate of drug-likeness (QED) is 0.506. The van der Waals surface area contributed by atoms with Gasteiger partial charge in [0.15, 0.2) is 5.82 Å². The van der Waals surface area contributed by atoms with Crippen LogP contribution in [0.2, 0.25) is 0 Å². The van der Waals surface area contributed by atoms with Crippen molar-refractivity contribution in [2.24, 2.45) is 0 Å². The van der Waals surface area contributed by atoms with Crippen molar-refractivity contribution in [1.29, 1.82) is 0 Å². The number of thiophene rings is 1. The number of para-hydroxylation sites is 1. The zero-order chi connectivity index (χ0) is 20.2. The van der Waals surface area contributed by atoms with Crippen molar-refractivity contribution in [3.8, 4) is 11.4 Å². The van der Waals surface area contributed by atoms with Crippen LogP contribution in [0.4, 0.5) is 5.82 Å². The Bertz CT molecular complexity index is 1100. The molecule has 152 valence electrons. The molecule has 0 aliphatic carbocycles. The van der Waals surface area contributed by atoms with Crippen LogP contribution >= 0.6 is 11.3 Å². The molecule has 0 spiro atoms. The first-order valence-electron chi connectivity index (χ1n) is 10.1. The van der Waals surface area contributed by atoms with E-state index in [2.05, 4.69) is 38.8 Å². The second kappa shape index (κ2) is 8.87. The van der Waals surface area contributed by atoms with Gasteiger partial charge in [0.25, 0.3) is 0 Å². The predicted molar refractivity (Wildman–Crippen MR) is 121 cm³/mol. The molecule has 5 rings (SSSR count). The molecule has 1 aliphatic rings. The number of ether oxygens (including phenoxy) is 1. The van der Waals surface area contributed by atoms with Crippen LogP contribution in [-0.4, -0.2) is 52.7 Å². The number of nitrogens with one attached hydrogen (secondary N) is 1. The van der Waals surface area contributed by atoms with Crippen LogP contribution in [0, 0.1) is 0 Å². The lowest BCUT2D eigenvalue weighted by atomic mass is 10.1. The van der Waals surface area contributed by atoms with Crippen LogP contribution in [0.15, 0.2) is 66.3 Å². The summed E-state index contributed by atoms with van der Waals surface area (Å²) in [5, 5.41) is 6.80. The Kier molecular flexibility index (Phi) is 5.65. The van der Waals surface area contributed by atoms with Crippen LogP contribution in [0.5, 0.6) is 0 Å². The van der Waals surface area contributed by atoms with E-state index in [0.29, 0.717) is 5.82 Å².